The number of aromatic nitrogens is 2. The molecule has 2 nitrogen and oxygen atoms in total. The van der Waals surface area contributed by atoms with E-state index in [-0.39, 0.29) is 5.41 Å². The van der Waals surface area contributed by atoms with Crippen molar-refractivity contribution in [1.82, 2.24) is 9.55 Å². The molecular formula is C13H18N2S. The summed E-state index contributed by atoms with van der Waals surface area (Å²) < 4.78 is 2.18. The number of aryl methyl sites for hydroxylation is 1. The van der Waals surface area contributed by atoms with Gasteiger partial charge in [-0.2, -0.15) is 12.6 Å². The Labute approximate surface area is 102 Å². The standard InChI is InChI=1S/C13H18N2S/c1-13(2,3)12-14-10-7-9(8-16)5-6-11(10)15(12)4/h5-7,16H,8H2,1-4H3. The Bertz CT molecular complexity index is 520. The van der Waals surface area contributed by atoms with Crippen LogP contribution in [0.15, 0.2) is 18.2 Å². The van der Waals surface area contributed by atoms with E-state index in [0.29, 0.717) is 0 Å². The van der Waals surface area contributed by atoms with E-state index in [1.54, 1.807) is 0 Å². The summed E-state index contributed by atoms with van der Waals surface area (Å²) >= 11 is 4.29. The highest BCUT2D eigenvalue weighted by molar-refractivity contribution is 7.79. The third-order valence-corrected chi connectivity index (χ3v) is 3.16. The van der Waals surface area contributed by atoms with Gasteiger partial charge in [0.1, 0.15) is 5.82 Å². The molecular weight excluding hydrogens is 216 g/mol. The van der Waals surface area contributed by atoms with Gasteiger partial charge in [-0.25, -0.2) is 4.98 Å². The van der Waals surface area contributed by atoms with Crippen molar-refractivity contribution in [3.05, 3.63) is 29.6 Å². The summed E-state index contributed by atoms with van der Waals surface area (Å²) in [5.74, 6) is 1.89. The molecule has 1 aromatic carbocycles. The monoisotopic (exact) mass is 234 g/mol. The second kappa shape index (κ2) is 3.81. The largest absolute Gasteiger partial charge is 0.331 e. The predicted molar refractivity (Wildman–Crippen MR) is 72.1 cm³/mol. The van der Waals surface area contributed by atoms with Crippen LogP contribution in [0.1, 0.15) is 32.2 Å². The van der Waals surface area contributed by atoms with Crippen LogP contribution in [-0.4, -0.2) is 9.55 Å². The third kappa shape index (κ3) is 1.84. The molecule has 3 heteroatoms. The first kappa shape index (κ1) is 11.5. The molecule has 1 aromatic heterocycles. The van der Waals surface area contributed by atoms with Crippen LogP contribution in [0, 0.1) is 0 Å². The molecule has 0 spiro atoms. The van der Waals surface area contributed by atoms with Gasteiger partial charge in [0.15, 0.2) is 0 Å². The molecule has 0 aliphatic heterocycles. The Balaban J connectivity index is 2.68. The minimum Gasteiger partial charge on any atom is -0.331 e. The fourth-order valence-electron chi connectivity index (χ4n) is 2.01. The van der Waals surface area contributed by atoms with Crippen molar-refractivity contribution < 1.29 is 0 Å². The van der Waals surface area contributed by atoms with Crippen molar-refractivity contribution in [3.8, 4) is 0 Å². The minimum absolute atomic E-state index is 0.0783. The van der Waals surface area contributed by atoms with Gasteiger partial charge in [-0.3, -0.25) is 0 Å². The van der Waals surface area contributed by atoms with Crippen LogP contribution in [0.3, 0.4) is 0 Å². The molecule has 86 valence electrons. The van der Waals surface area contributed by atoms with E-state index < -0.39 is 0 Å². The molecule has 0 fully saturated rings. The Morgan fingerprint density at radius 3 is 2.56 bits per heavy atom. The van der Waals surface area contributed by atoms with E-state index in [4.69, 9.17) is 4.98 Å². The normalized spacial score (nSPS) is 12.3. The average Bonchev–Trinajstić information content (AvgIpc) is 2.55. The molecule has 0 atom stereocenters. The molecule has 2 rings (SSSR count). The number of benzene rings is 1. The molecule has 0 saturated carbocycles. The number of hydrogen-bond acceptors (Lipinski definition) is 2. The quantitative estimate of drug-likeness (QED) is 0.750. The van der Waals surface area contributed by atoms with Crippen molar-refractivity contribution in [2.75, 3.05) is 0 Å². The van der Waals surface area contributed by atoms with Gasteiger partial charge in [0.25, 0.3) is 0 Å². The van der Waals surface area contributed by atoms with Crippen molar-refractivity contribution >= 4 is 23.7 Å². The maximum atomic E-state index is 4.72. The fourth-order valence-corrected chi connectivity index (χ4v) is 2.21. The number of hydrogen-bond donors (Lipinski definition) is 1. The van der Waals surface area contributed by atoms with Crippen LogP contribution in [0.4, 0.5) is 0 Å². The van der Waals surface area contributed by atoms with Gasteiger partial charge in [0.2, 0.25) is 0 Å². The smallest absolute Gasteiger partial charge is 0.115 e. The van der Waals surface area contributed by atoms with Crippen molar-refractivity contribution in [2.24, 2.45) is 7.05 Å². The summed E-state index contributed by atoms with van der Waals surface area (Å²) in [6, 6.07) is 6.37. The highest BCUT2D eigenvalue weighted by atomic mass is 32.1. The molecule has 0 radical (unpaired) electrons. The first-order chi connectivity index (χ1) is 7.43. The van der Waals surface area contributed by atoms with Gasteiger partial charge in [0.05, 0.1) is 11.0 Å². The van der Waals surface area contributed by atoms with Gasteiger partial charge >= 0.3 is 0 Å². The van der Waals surface area contributed by atoms with Gasteiger partial charge in [-0.15, -0.1) is 0 Å². The molecule has 16 heavy (non-hydrogen) atoms. The van der Waals surface area contributed by atoms with Crippen LogP contribution in [-0.2, 0) is 18.2 Å². The number of nitrogens with zero attached hydrogens (tertiary/aromatic N) is 2. The van der Waals surface area contributed by atoms with Gasteiger partial charge in [0, 0.05) is 18.2 Å². The van der Waals surface area contributed by atoms with Crippen molar-refractivity contribution in [1.29, 1.82) is 0 Å². The average molecular weight is 234 g/mol. The molecule has 0 unspecified atom stereocenters. The molecule has 0 amide bonds. The van der Waals surface area contributed by atoms with E-state index in [9.17, 15) is 0 Å². The minimum atomic E-state index is 0.0783. The topological polar surface area (TPSA) is 17.8 Å². The van der Waals surface area contributed by atoms with Crippen LogP contribution in [0.2, 0.25) is 0 Å². The second-order valence-corrected chi connectivity index (χ2v) is 5.54. The van der Waals surface area contributed by atoms with E-state index in [1.165, 1.54) is 11.1 Å². The van der Waals surface area contributed by atoms with Crippen LogP contribution >= 0.6 is 12.6 Å². The maximum Gasteiger partial charge on any atom is 0.115 e. The highest BCUT2D eigenvalue weighted by Gasteiger charge is 2.20. The molecule has 1 heterocycles. The molecule has 0 aliphatic carbocycles. The summed E-state index contributed by atoms with van der Waals surface area (Å²) in [5.41, 5.74) is 3.55. The third-order valence-electron chi connectivity index (χ3n) is 2.80. The lowest BCUT2D eigenvalue weighted by molar-refractivity contribution is 0.526. The zero-order valence-corrected chi connectivity index (χ0v) is 11.2. The van der Waals surface area contributed by atoms with Crippen LogP contribution in [0.5, 0.6) is 0 Å². The van der Waals surface area contributed by atoms with E-state index in [2.05, 4.69) is 63.2 Å². The van der Waals surface area contributed by atoms with Crippen molar-refractivity contribution in [2.45, 2.75) is 31.9 Å². The Hall–Kier alpha value is -0.960. The Morgan fingerprint density at radius 2 is 2.00 bits per heavy atom. The Morgan fingerprint density at radius 1 is 1.31 bits per heavy atom. The molecule has 0 N–H and O–H groups in total. The van der Waals surface area contributed by atoms with Gasteiger partial charge in [-0.1, -0.05) is 26.8 Å². The number of thiol groups is 1. The van der Waals surface area contributed by atoms with E-state index in [1.807, 2.05) is 0 Å². The van der Waals surface area contributed by atoms with Gasteiger partial charge in [-0.05, 0) is 17.7 Å². The van der Waals surface area contributed by atoms with Crippen molar-refractivity contribution in [3.63, 3.8) is 0 Å². The summed E-state index contributed by atoms with van der Waals surface area (Å²) in [6.07, 6.45) is 0. The van der Waals surface area contributed by atoms with Crippen LogP contribution in [0.25, 0.3) is 11.0 Å². The lowest BCUT2D eigenvalue weighted by Gasteiger charge is -2.17. The summed E-state index contributed by atoms with van der Waals surface area (Å²) in [7, 11) is 2.08. The summed E-state index contributed by atoms with van der Waals surface area (Å²) in [4.78, 5) is 4.72. The van der Waals surface area contributed by atoms with E-state index >= 15 is 0 Å². The summed E-state index contributed by atoms with van der Waals surface area (Å²) in [6.45, 7) is 6.56. The fraction of sp³-hybridized carbons (Fsp3) is 0.462. The Kier molecular flexibility index (Phi) is 2.74. The molecule has 0 saturated heterocycles. The maximum absolute atomic E-state index is 4.72. The van der Waals surface area contributed by atoms with Gasteiger partial charge < -0.3 is 4.57 Å². The zero-order chi connectivity index (χ0) is 11.9. The van der Waals surface area contributed by atoms with Crippen LogP contribution < -0.4 is 0 Å². The predicted octanol–water partition coefficient (Wildman–Crippen LogP) is 3.30. The lowest BCUT2D eigenvalue weighted by atomic mass is 9.96. The SMILES string of the molecule is Cn1c(C(C)(C)C)nc2cc(CS)ccc21. The second-order valence-electron chi connectivity index (χ2n) is 5.23. The number of fused-ring (bicyclic) bond motifs is 1. The number of rotatable bonds is 1. The molecule has 2 aromatic rings. The first-order valence-electron chi connectivity index (χ1n) is 5.50. The molecule has 0 aliphatic rings. The highest BCUT2D eigenvalue weighted by Crippen LogP contribution is 2.25. The first-order valence-corrected chi connectivity index (χ1v) is 6.13. The summed E-state index contributed by atoms with van der Waals surface area (Å²) in [5, 5.41) is 0. The van der Waals surface area contributed by atoms with E-state index in [0.717, 1.165) is 17.1 Å². The zero-order valence-electron chi connectivity index (χ0n) is 10.3. The number of imidazole rings is 1. The molecule has 0 bridgehead atoms. The lowest BCUT2D eigenvalue weighted by Crippen LogP contribution is -2.17.